The Kier molecular flexibility index (Phi) is 5.76. The fourth-order valence-electron chi connectivity index (χ4n) is 1.96. The molecule has 0 saturated carbocycles. The Hall–Kier alpha value is -1.40. The van der Waals surface area contributed by atoms with Gasteiger partial charge in [-0.2, -0.15) is 4.98 Å². The zero-order valence-corrected chi connectivity index (χ0v) is 13.8. The number of hydrogen-bond donors (Lipinski definition) is 2. The maximum atomic E-state index is 5.77. The van der Waals surface area contributed by atoms with Crippen molar-refractivity contribution in [1.82, 2.24) is 9.97 Å². The molecule has 0 unspecified atom stereocenters. The Bertz CT molecular complexity index is 582. The van der Waals surface area contributed by atoms with E-state index in [-0.39, 0.29) is 0 Å². The van der Waals surface area contributed by atoms with Crippen molar-refractivity contribution in [3.05, 3.63) is 10.9 Å². The topological polar surface area (TPSA) is 73.1 Å². The maximum absolute atomic E-state index is 5.77. The van der Waals surface area contributed by atoms with Gasteiger partial charge in [-0.05, 0) is 24.8 Å². The summed E-state index contributed by atoms with van der Waals surface area (Å²) in [5.41, 5.74) is 5.77. The Morgan fingerprint density at radius 3 is 2.86 bits per heavy atom. The lowest BCUT2D eigenvalue weighted by molar-refractivity contribution is 0.132. The molecule has 116 valence electrons. The van der Waals surface area contributed by atoms with Gasteiger partial charge < -0.3 is 15.8 Å². The van der Waals surface area contributed by atoms with Crippen LogP contribution >= 0.6 is 11.3 Å². The number of fused-ring (bicyclic) bond motifs is 1. The van der Waals surface area contributed by atoms with Crippen molar-refractivity contribution in [3.63, 3.8) is 0 Å². The quantitative estimate of drug-likeness (QED) is 0.732. The predicted octanol–water partition coefficient (Wildman–Crippen LogP) is 3.31. The van der Waals surface area contributed by atoms with Gasteiger partial charge in [0.2, 0.25) is 5.95 Å². The van der Waals surface area contributed by atoms with E-state index in [4.69, 9.17) is 10.5 Å². The van der Waals surface area contributed by atoms with Crippen LogP contribution in [0.1, 0.15) is 32.1 Å². The monoisotopic (exact) mass is 308 g/mol. The summed E-state index contributed by atoms with van der Waals surface area (Å²) in [7, 11) is 0. The number of nitrogens with zero attached hydrogens (tertiary/aromatic N) is 2. The van der Waals surface area contributed by atoms with E-state index in [1.807, 2.05) is 0 Å². The van der Waals surface area contributed by atoms with Crippen LogP contribution in [0.2, 0.25) is 0 Å². The van der Waals surface area contributed by atoms with E-state index in [0.717, 1.165) is 42.0 Å². The second-order valence-corrected chi connectivity index (χ2v) is 6.55. The van der Waals surface area contributed by atoms with Crippen LogP contribution in [0.3, 0.4) is 0 Å². The van der Waals surface area contributed by atoms with Gasteiger partial charge in [-0.25, -0.2) is 4.98 Å². The van der Waals surface area contributed by atoms with Gasteiger partial charge in [-0.15, -0.1) is 11.3 Å². The van der Waals surface area contributed by atoms with Crippen LogP contribution < -0.4 is 11.1 Å². The third-order valence-electron chi connectivity index (χ3n) is 3.19. The molecule has 0 aliphatic carbocycles. The molecule has 0 atom stereocenters. The summed E-state index contributed by atoms with van der Waals surface area (Å²) < 4.78 is 5.60. The van der Waals surface area contributed by atoms with Crippen molar-refractivity contribution in [2.45, 2.75) is 33.6 Å². The van der Waals surface area contributed by atoms with Gasteiger partial charge in [0, 0.05) is 18.0 Å². The number of anilines is 2. The summed E-state index contributed by atoms with van der Waals surface area (Å²) in [6.45, 7) is 8.73. The number of thiophene rings is 1. The van der Waals surface area contributed by atoms with Crippen molar-refractivity contribution in [2.24, 2.45) is 5.92 Å². The number of nitrogens with one attached hydrogen (secondary N) is 1. The van der Waals surface area contributed by atoms with Gasteiger partial charge in [0.05, 0.1) is 12.0 Å². The van der Waals surface area contributed by atoms with E-state index in [0.29, 0.717) is 18.5 Å². The third-order valence-corrected chi connectivity index (χ3v) is 4.36. The van der Waals surface area contributed by atoms with Gasteiger partial charge in [-0.1, -0.05) is 20.8 Å². The van der Waals surface area contributed by atoms with Crippen LogP contribution in [-0.2, 0) is 11.2 Å². The molecule has 0 amide bonds. The van der Waals surface area contributed by atoms with Crippen LogP contribution in [0.15, 0.2) is 6.07 Å². The average molecular weight is 308 g/mol. The average Bonchev–Trinajstić information content (AvgIpc) is 2.85. The van der Waals surface area contributed by atoms with Gasteiger partial charge in [0.15, 0.2) is 0 Å². The highest BCUT2D eigenvalue weighted by molar-refractivity contribution is 7.18. The molecule has 5 nitrogen and oxygen atoms in total. The van der Waals surface area contributed by atoms with Crippen LogP contribution in [-0.4, -0.2) is 29.7 Å². The lowest BCUT2D eigenvalue weighted by atomic mass is 10.1. The molecule has 2 aromatic heterocycles. The minimum Gasteiger partial charge on any atom is -0.380 e. The maximum Gasteiger partial charge on any atom is 0.223 e. The van der Waals surface area contributed by atoms with Crippen LogP contribution in [0.5, 0.6) is 0 Å². The standard InChI is InChI=1S/C15H24N4OS/c1-4-11-9-12-13(18-15(16)19-14(12)21-11)17-6-8-20-7-5-10(2)3/h9-10H,4-8H2,1-3H3,(H3,16,17,18,19). The SMILES string of the molecule is CCc1cc2c(NCCOCCC(C)C)nc(N)nc2s1. The summed E-state index contributed by atoms with van der Waals surface area (Å²) in [4.78, 5) is 10.8. The number of nitrogens with two attached hydrogens (primary N) is 1. The third kappa shape index (κ3) is 4.54. The van der Waals surface area contributed by atoms with E-state index in [2.05, 4.69) is 42.1 Å². The van der Waals surface area contributed by atoms with Crippen molar-refractivity contribution in [1.29, 1.82) is 0 Å². The highest BCUT2D eigenvalue weighted by Gasteiger charge is 2.09. The molecule has 0 aliphatic rings. The molecule has 2 aromatic rings. The number of aryl methyl sites for hydroxylation is 1. The minimum absolute atomic E-state index is 0.315. The van der Waals surface area contributed by atoms with Crippen molar-refractivity contribution in [2.75, 3.05) is 30.8 Å². The molecular weight excluding hydrogens is 284 g/mol. The van der Waals surface area contributed by atoms with E-state index < -0.39 is 0 Å². The lowest BCUT2D eigenvalue weighted by Crippen LogP contribution is -2.12. The number of hydrogen-bond acceptors (Lipinski definition) is 6. The molecule has 2 heterocycles. The molecule has 0 bridgehead atoms. The number of rotatable bonds is 8. The van der Waals surface area contributed by atoms with Crippen LogP contribution in [0.25, 0.3) is 10.2 Å². The van der Waals surface area contributed by atoms with Crippen molar-refractivity contribution < 1.29 is 4.74 Å². The molecule has 0 saturated heterocycles. The second kappa shape index (κ2) is 7.56. The first-order valence-electron chi connectivity index (χ1n) is 7.47. The summed E-state index contributed by atoms with van der Waals surface area (Å²) in [5, 5.41) is 4.35. The van der Waals surface area contributed by atoms with E-state index in [1.54, 1.807) is 11.3 Å². The predicted molar refractivity (Wildman–Crippen MR) is 90.0 cm³/mol. The van der Waals surface area contributed by atoms with Crippen molar-refractivity contribution >= 4 is 33.3 Å². The highest BCUT2D eigenvalue weighted by Crippen LogP contribution is 2.29. The summed E-state index contributed by atoms with van der Waals surface area (Å²) in [5.74, 6) is 1.80. The van der Waals surface area contributed by atoms with E-state index in [9.17, 15) is 0 Å². The summed E-state index contributed by atoms with van der Waals surface area (Å²) in [6.07, 6.45) is 2.09. The number of aromatic nitrogens is 2. The number of nitrogen functional groups attached to an aromatic ring is 1. The Morgan fingerprint density at radius 1 is 1.33 bits per heavy atom. The highest BCUT2D eigenvalue weighted by atomic mass is 32.1. The van der Waals surface area contributed by atoms with Gasteiger partial charge in [-0.3, -0.25) is 0 Å². The number of ether oxygens (including phenoxy) is 1. The van der Waals surface area contributed by atoms with E-state index in [1.165, 1.54) is 4.88 Å². The first-order chi connectivity index (χ1) is 10.1. The molecule has 6 heteroatoms. The molecule has 0 fully saturated rings. The molecule has 0 radical (unpaired) electrons. The molecule has 0 aliphatic heterocycles. The Balaban J connectivity index is 1.93. The molecule has 3 N–H and O–H groups in total. The molecule has 0 spiro atoms. The fraction of sp³-hybridized carbons (Fsp3) is 0.600. The zero-order chi connectivity index (χ0) is 15.2. The Morgan fingerprint density at radius 2 is 2.14 bits per heavy atom. The van der Waals surface area contributed by atoms with Crippen LogP contribution in [0.4, 0.5) is 11.8 Å². The first-order valence-corrected chi connectivity index (χ1v) is 8.29. The normalized spacial score (nSPS) is 11.4. The molecular formula is C15H24N4OS. The smallest absolute Gasteiger partial charge is 0.223 e. The molecule has 2 rings (SSSR count). The summed E-state index contributed by atoms with van der Waals surface area (Å²) in [6, 6.07) is 2.14. The van der Waals surface area contributed by atoms with Crippen molar-refractivity contribution in [3.8, 4) is 0 Å². The molecule has 0 aromatic carbocycles. The fourth-order valence-corrected chi connectivity index (χ4v) is 2.93. The summed E-state index contributed by atoms with van der Waals surface area (Å²) >= 11 is 1.67. The van der Waals surface area contributed by atoms with E-state index >= 15 is 0 Å². The first kappa shape index (κ1) is 16.0. The largest absolute Gasteiger partial charge is 0.380 e. The molecule has 21 heavy (non-hydrogen) atoms. The zero-order valence-electron chi connectivity index (χ0n) is 13.0. The lowest BCUT2D eigenvalue weighted by Gasteiger charge is -2.09. The van der Waals surface area contributed by atoms with Crippen LogP contribution in [0, 0.1) is 5.92 Å². The Labute approximate surface area is 129 Å². The second-order valence-electron chi connectivity index (χ2n) is 5.44. The van der Waals surface area contributed by atoms with Gasteiger partial charge >= 0.3 is 0 Å². The van der Waals surface area contributed by atoms with Gasteiger partial charge in [0.25, 0.3) is 0 Å². The minimum atomic E-state index is 0.315. The van der Waals surface area contributed by atoms with Gasteiger partial charge in [0.1, 0.15) is 10.6 Å².